The predicted molar refractivity (Wildman–Crippen MR) is 99.8 cm³/mol. The highest BCUT2D eigenvalue weighted by molar-refractivity contribution is 6.36. The van der Waals surface area contributed by atoms with Crippen LogP contribution in [0.4, 0.5) is 5.69 Å². The third kappa shape index (κ3) is 3.97. The van der Waals surface area contributed by atoms with Crippen molar-refractivity contribution >= 4 is 40.7 Å². The summed E-state index contributed by atoms with van der Waals surface area (Å²) in [6.07, 6.45) is 0.203. The number of likely N-dealkylation sites (tertiary alicyclic amines) is 1. The van der Waals surface area contributed by atoms with Gasteiger partial charge in [0.2, 0.25) is 11.8 Å². The number of anilines is 1. The Kier molecular flexibility index (Phi) is 5.30. The van der Waals surface area contributed by atoms with Crippen LogP contribution in [-0.2, 0) is 9.59 Å². The van der Waals surface area contributed by atoms with E-state index in [2.05, 4.69) is 5.32 Å². The predicted octanol–water partition coefficient (Wildman–Crippen LogP) is 4.54. The molecule has 2 amide bonds. The quantitative estimate of drug-likeness (QED) is 0.851. The van der Waals surface area contributed by atoms with Crippen molar-refractivity contribution in [1.82, 2.24) is 4.90 Å². The maximum Gasteiger partial charge on any atom is 0.229 e. The SMILES string of the molecule is C[C@@H](c1ccccc1)N1C[C@@H](C(=O)Nc2ccc(Cl)cc2Cl)CC1=O. The minimum Gasteiger partial charge on any atom is -0.335 e. The molecule has 1 aliphatic rings. The molecular formula is C19H18Cl2N2O2. The van der Waals surface area contributed by atoms with Gasteiger partial charge < -0.3 is 10.2 Å². The second kappa shape index (κ2) is 7.46. The van der Waals surface area contributed by atoms with Crippen molar-refractivity contribution < 1.29 is 9.59 Å². The highest BCUT2D eigenvalue weighted by atomic mass is 35.5. The van der Waals surface area contributed by atoms with E-state index >= 15 is 0 Å². The van der Waals surface area contributed by atoms with E-state index in [-0.39, 0.29) is 24.3 Å². The minimum absolute atomic E-state index is 0.0151. The number of hydrogen-bond acceptors (Lipinski definition) is 2. The molecule has 2 atom stereocenters. The summed E-state index contributed by atoms with van der Waals surface area (Å²) >= 11 is 12.0. The molecule has 2 aromatic rings. The summed E-state index contributed by atoms with van der Waals surface area (Å²) in [5.41, 5.74) is 1.55. The lowest BCUT2D eigenvalue weighted by atomic mass is 10.1. The van der Waals surface area contributed by atoms with Crippen molar-refractivity contribution in [3.05, 3.63) is 64.1 Å². The monoisotopic (exact) mass is 376 g/mol. The van der Waals surface area contributed by atoms with Crippen LogP contribution in [0, 0.1) is 5.92 Å². The zero-order chi connectivity index (χ0) is 18.0. The lowest BCUT2D eigenvalue weighted by Crippen LogP contribution is -2.30. The molecule has 130 valence electrons. The first-order chi connectivity index (χ1) is 12.0. The van der Waals surface area contributed by atoms with Crippen LogP contribution in [0.2, 0.25) is 10.0 Å². The molecule has 0 saturated carbocycles. The molecule has 1 fully saturated rings. The zero-order valence-electron chi connectivity index (χ0n) is 13.7. The number of benzene rings is 2. The Morgan fingerprint density at radius 2 is 1.92 bits per heavy atom. The first-order valence-corrected chi connectivity index (χ1v) is 8.81. The summed E-state index contributed by atoms with van der Waals surface area (Å²) in [5, 5.41) is 3.67. The Labute approximate surface area is 156 Å². The van der Waals surface area contributed by atoms with Gasteiger partial charge in [-0.3, -0.25) is 9.59 Å². The van der Waals surface area contributed by atoms with E-state index in [0.717, 1.165) is 5.56 Å². The van der Waals surface area contributed by atoms with Crippen LogP contribution in [0.1, 0.15) is 24.9 Å². The van der Waals surface area contributed by atoms with Gasteiger partial charge >= 0.3 is 0 Å². The fourth-order valence-corrected chi connectivity index (χ4v) is 3.47. The first-order valence-electron chi connectivity index (χ1n) is 8.06. The normalized spacial score (nSPS) is 18.3. The van der Waals surface area contributed by atoms with E-state index in [9.17, 15) is 9.59 Å². The Morgan fingerprint density at radius 3 is 2.60 bits per heavy atom. The van der Waals surface area contributed by atoms with Gasteiger partial charge in [-0.2, -0.15) is 0 Å². The van der Waals surface area contributed by atoms with Gasteiger partial charge in [-0.25, -0.2) is 0 Å². The summed E-state index contributed by atoms with van der Waals surface area (Å²) in [6.45, 7) is 2.37. The van der Waals surface area contributed by atoms with Crippen LogP contribution < -0.4 is 5.32 Å². The van der Waals surface area contributed by atoms with Crippen LogP contribution >= 0.6 is 23.2 Å². The van der Waals surface area contributed by atoms with Crippen LogP contribution in [-0.4, -0.2) is 23.3 Å². The van der Waals surface area contributed by atoms with Gasteiger partial charge in [0.1, 0.15) is 0 Å². The lowest BCUT2D eigenvalue weighted by Gasteiger charge is -2.25. The van der Waals surface area contributed by atoms with E-state index in [0.29, 0.717) is 22.3 Å². The lowest BCUT2D eigenvalue weighted by molar-refractivity contribution is -0.129. The smallest absolute Gasteiger partial charge is 0.229 e. The Hall–Kier alpha value is -2.04. The summed E-state index contributed by atoms with van der Waals surface area (Å²) in [5.74, 6) is -0.621. The number of nitrogens with one attached hydrogen (secondary N) is 1. The van der Waals surface area contributed by atoms with Crippen molar-refractivity contribution in [2.24, 2.45) is 5.92 Å². The summed E-state index contributed by atoms with van der Waals surface area (Å²) in [4.78, 5) is 26.6. The van der Waals surface area contributed by atoms with Crippen molar-refractivity contribution in [2.45, 2.75) is 19.4 Å². The molecule has 0 aliphatic carbocycles. The molecule has 0 bridgehead atoms. The van der Waals surface area contributed by atoms with Gasteiger partial charge in [-0.1, -0.05) is 53.5 Å². The fourth-order valence-electron chi connectivity index (χ4n) is 3.02. The average Bonchev–Trinajstić information content (AvgIpc) is 2.99. The molecule has 3 rings (SSSR count). The molecule has 0 aromatic heterocycles. The summed E-state index contributed by atoms with van der Waals surface area (Å²) in [7, 11) is 0. The number of halogens is 2. The van der Waals surface area contributed by atoms with Gasteiger partial charge in [-0.15, -0.1) is 0 Å². The van der Waals surface area contributed by atoms with Gasteiger partial charge in [0.05, 0.1) is 22.7 Å². The second-order valence-electron chi connectivity index (χ2n) is 6.15. The number of rotatable bonds is 4. The molecule has 0 spiro atoms. The fraction of sp³-hybridized carbons (Fsp3) is 0.263. The average molecular weight is 377 g/mol. The molecule has 4 nitrogen and oxygen atoms in total. The molecule has 0 radical (unpaired) electrons. The number of nitrogens with zero attached hydrogens (tertiary/aromatic N) is 1. The number of hydrogen-bond donors (Lipinski definition) is 1. The topological polar surface area (TPSA) is 49.4 Å². The van der Waals surface area contributed by atoms with Gasteiger partial charge in [-0.05, 0) is 30.7 Å². The maximum atomic E-state index is 12.5. The van der Waals surface area contributed by atoms with Gasteiger partial charge in [0.25, 0.3) is 0 Å². The van der Waals surface area contributed by atoms with E-state index < -0.39 is 5.92 Å². The Bertz CT molecular complexity index is 795. The van der Waals surface area contributed by atoms with Crippen molar-refractivity contribution in [3.63, 3.8) is 0 Å². The third-order valence-corrected chi connectivity index (χ3v) is 5.02. The molecule has 1 heterocycles. The van der Waals surface area contributed by atoms with E-state index in [1.807, 2.05) is 37.3 Å². The van der Waals surface area contributed by atoms with Crippen molar-refractivity contribution in [3.8, 4) is 0 Å². The highest BCUT2D eigenvalue weighted by Crippen LogP contribution is 2.30. The molecule has 2 aromatic carbocycles. The van der Waals surface area contributed by atoms with Gasteiger partial charge in [0, 0.05) is 18.0 Å². The number of amides is 2. The molecule has 25 heavy (non-hydrogen) atoms. The molecule has 1 aliphatic heterocycles. The minimum atomic E-state index is -0.398. The van der Waals surface area contributed by atoms with Crippen LogP contribution in [0.3, 0.4) is 0 Å². The first kappa shape index (κ1) is 17.8. The van der Waals surface area contributed by atoms with E-state index in [1.165, 1.54) is 0 Å². The van der Waals surface area contributed by atoms with E-state index in [4.69, 9.17) is 23.2 Å². The molecule has 0 unspecified atom stereocenters. The van der Waals surface area contributed by atoms with Crippen LogP contribution in [0.5, 0.6) is 0 Å². The zero-order valence-corrected chi connectivity index (χ0v) is 15.2. The molecule has 1 N–H and O–H groups in total. The largest absolute Gasteiger partial charge is 0.335 e. The molecular weight excluding hydrogens is 359 g/mol. The van der Waals surface area contributed by atoms with Crippen LogP contribution in [0.25, 0.3) is 0 Å². The Morgan fingerprint density at radius 1 is 1.20 bits per heavy atom. The second-order valence-corrected chi connectivity index (χ2v) is 6.99. The summed E-state index contributed by atoms with van der Waals surface area (Å²) in [6, 6.07) is 14.6. The van der Waals surface area contributed by atoms with Crippen molar-refractivity contribution in [2.75, 3.05) is 11.9 Å². The summed E-state index contributed by atoms with van der Waals surface area (Å²) < 4.78 is 0. The standard InChI is InChI=1S/C19H18Cl2N2O2/c1-12(13-5-3-2-4-6-13)23-11-14(9-18(23)24)19(25)22-17-8-7-15(20)10-16(17)21/h2-8,10,12,14H,9,11H2,1H3,(H,22,25)/t12-,14-/m0/s1. The number of carbonyl (C=O) groups excluding carboxylic acids is 2. The van der Waals surface area contributed by atoms with Gasteiger partial charge in [0.15, 0.2) is 0 Å². The highest BCUT2D eigenvalue weighted by Gasteiger charge is 2.37. The number of carbonyl (C=O) groups is 2. The Balaban J connectivity index is 1.68. The molecule has 6 heteroatoms. The van der Waals surface area contributed by atoms with E-state index in [1.54, 1.807) is 23.1 Å². The maximum absolute atomic E-state index is 12.5. The third-order valence-electron chi connectivity index (χ3n) is 4.47. The van der Waals surface area contributed by atoms with Crippen molar-refractivity contribution in [1.29, 1.82) is 0 Å². The van der Waals surface area contributed by atoms with Crippen LogP contribution in [0.15, 0.2) is 48.5 Å². The molecule has 1 saturated heterocycles.